The van der Waals surface area contributed by atoms with Crippen LogP contribution in [0.4, 0.5) is 0 Å². The lowest BCUT2D eigenvalue weighted by atomic mass is 9.83. The first-order valence-electron chi connectivity index (χ1n) is 9.65. The van der Waals surface area contributed by atoms with Gasteiger partial charge in [0.1, 0.15) is 23.1 Å². The molecule has 1 atom stereocenters. The number of rotatable bonds is 4. The number of nitrogens with zero attached hydrogens (tertiary/aromatic N) is 1. The first-order valence-corrected chi connectivity index (χ1v) is 11.2. The highest BCUT2D eigenvalue weighted by Crippen LogP contribution is 2.47. The van der Waals surface area contributed by atoms with Crippen molar-refractivity contribution >= 4 is 52.4 Å². The molecule has 0 saturated carbocycles. The van der Waals surface area contributed by atoms with E-state index in [0.717, 1.165) is 0 Å². The molecule has 0 bridgehead atoms. The van der Waals surface area contributed by atoms with E-state index in [1.54, 1.807) is 30.3 Å². The van der Waals surface area contributed by atoms with Crippen LogP contribution in [0, 0.1) is 11.3 Å². The minimum absolute atomic E-state index is 0.104. The number of esters is 1. The summed E-state index contributed by atoms with van der Waals surface area (Å²) in [5.41, 5.74) is 7.42. The Morgan fingerprint density at radius 2 is 1.68 bits per heavy atom. The second kappa shape index (κ2) is 9.65. The summed E-state index contributed by atoms with van der Waals surface area (Å²) in [4.78, 5) is 12.7. The van der Waals surface area contributed by atoms with Gasteiger partial charge in [0.15, 0.2) is 5.75 Å². The summed E-state index contributed by atoms with van der Waals surface area (Å²) in [6.07, 6.45) is 0. The van der Waals surface area contributed by atoms with E-state index >= 15 is 0 Å². The monoisotopic (exact) mass is 534 g/mol. The second-order valence-electron chi connectivity index (χ2n) is 7.12. The second-order valence-corrected chi connectivity index (χ2v) is 8.75. The predicted octanol–water partition coefficient (Wildman–Crippen LogP) is 6.75. The molecule has 3 aromatic rings. The van der Waals surface area contributed by atoms with Crippen molar-refractivity contribution in [3.63, 3.8) is 0 Å². The van der Waals surface area contributed by atoms with Gasteiger partial charge in [-0.15, -0.1) is 0 Å². The molecule has 0 fully saturated rings. The van der Waals surface area contributed by atoms with Crippen LogP contribution in [0.5, 0.6) is 17.2 Å². The number of nitriles is 1. The molecule has 0 spiro atoms. The predicted molar refractivity (Wildman–Crippen MR) is 130 cm³/mol. The Kier molecular flexibility index (Phi) is 6.83. The minimum atomic E-state index is -0.700. The summed E-state index contributed by atoms with van der Waals surface area (Å²) in [7, 11) is 1.42. The molecule has 1 unspecified atom stereocenters. The molecule has 6 nitrogen and oxygen atoms in total. The van der Waals surface area contributed by atoms with Crippen molar-refractivity contribution in [3.8, 4) is 23.3 Å². The molecule has 2 N–H and O–H groups in total. The molecule has 1 heterocycles. The van der Waals surface area contributed by atoms with Crippen molar-refractivity contribution in [2.75, 3.05) is 7.11 Å². The van der Waals surface area contributed by atoms with Crippen molar-refractivity contribution < 1.29 is 19.0 Å². The Hall–Kier alpha value is -3.08. The van der Waals surface area contributed by atoms with Gasteiger partial charge in [0.2, 0.25) is 5.88 Å². The maximum atomic E-state index is 12.7. The van der Waals surface area contributed by atoms with Gasteiger partial charge in [-0.05, 0) is 30.3 Å². The first kappa shape index (κ1) is 24.1. The van der Waals surface area contributed by atoms with Gasteiger partial charge in [-0.25, -0.2) is 4.79 Å². The van der Waals surface area contributed by atoms with Crippen LogP contribution in [0.2, 0.25) is 20.1 Å². The lowest BCUT2D eigenvalue weighted by Gasteiger charge is -2.27. The number of benzene rings is 3. The maximum absolute atomic E-state index is 12.7. The highest BCUT2D eigenvalue weighted by atomic mass is 35.5. The SMILES string of the molecule is COc1c(Cl)cc(C(=O)Oc2ccc3c(c2)OC(N)=C(C#N)C3c2c(Cl)cccc2Cl)cc1Cl. The summed E-state index contributed by atoms with van der Waals surface area (Å²) in [6.45, 7) is 0. The Morgan fingerprint density at radius 3 is 2.26 bits per heavy atom. The Balaban J connectivity index is 1.71. The molecule has 10 heteroatoms. The third-order valence-electron chi connectivity index (χ3n) is 5.13. The van der Waals surface area contributed by atoms with Gasteiger partial charge in [0, 0.05) is 27.2 Å². The number of carbonyl (C=O) groups is 1. The molecule has 3 aromatic carbocycles. The number of allylic oxidation sites excluding steroid dienone is 1. The number of hydrogen-bond acceptors (Lipinski definition) is 6. The largest absolute Gasteiger partial charge is 0.494 e. The standard InChI is InChI=1S/C24H14Cl4N2O4/c1-32-22-17(27)7-11(8-18(22)28)24(31)33-12-5-6-13-19(9-12)34-23(30)14(10-29)20(13)21-15(25)3-2-4-16(21)26/h2-9,20H,30H2,1H3. The quantitative estimate of drug-likeness (QED) is 0.293. The molecule has 34 heavy (non-hydrogen) atoms. The summed E-state index contributed by atoms with van der Waals surface area (Å²) in [5.74, 6) is -0.763. The van der Waals surface area contributed by atoms with Crippen LogP contribution in [0.3, 0.4) is 0 Å². The van der Waals surface area contributed by atoms with Gasteiger partial charge >= 0.3 is 5.97 Å². The van der Waals surface area contributed by atoms with Crippen LogP contribution in [-0.4, -0.2) is 13.1 Å². The van der Waals surface area contributed by atoms with Crippen molar-refractivity contribution in [1.82, 2.24) is 0 Å². The summed E-state index contributed by atoms with van der Waals surface area (Å²) in [6, 6.07) is 14.6. The molecule has 0 aliphatic carbocycles. The number of methoxy groups -OCH3 is 1. The van der Waals surface area contributed by atoms with Gasteiger partial charge in [0.25, 0.3) is 0 Å². The highest BCUT2D eigenvalue weighted by molar-refractivity contribution is 6.38. The Bertz CT molecular complexity index is 1350. The Morgan fingerprint density at radius 1 is 1.03 bits per heavy atom. The van der Waals surface area contributed by atoms with Crippen LogP contribution in [0.1, 0.15) is 27.4 Å². The molecule has 0 radical (unpaired) electrons. The zero-order chi connectivity index (χ0) is 24.6. The molecule has 1 aliphatic rings. The van der Waals surface area contributed by atoms with Gasteiger partial charge in [-0.1, -0.05) is 58.5 Å². The van der Waals surface area contributed by atoms with Crippen molar-refractivity contribution in [2.45, 2.75) is 5.92 Å². The number of nitrogens with two attached hydrogens (primary N) is 1. The number of ether oxygens (including phenoxy) is 3. The normalized spacial score (nSPS) is 14.6. The number of halogens is 4. The molecule has 4 rings (SSSR count). The third kappa shape index (κ3) is 4.36. The number of fused-ring (bicyclic) bond motifs is 1. The van der Waals surface area contributed by atoms with Crippen molar-refractivity contribution in [1.29, 1.82) is 5.26 Å². The zero-order valence-electron chi connectivity index (χ0n) is 17.4. The van der Waals surface area contributed by atoms with Gasteiger partial charge < -0.3 is 19.9 Å². The van der Waals surface area contributed by atoms with E-state index in [9.17, 15) is 10.1 Å². The van der Waals surface area contributed by atoms with Crippen molar-refractivity contribution in [3.05, 3.63) is 96.8 Å². The van der Waals surface area contributed by atoms with E-state index in [1.807, 2.05) is 0 Å². The number of carbonyl (C=O) groups excluding carboxylic acids is 1. The van der Waals surface area contributed by atoms with Crippen LogP contribution in [-0.2, 0) is 0 Å². The maximum Gasteiger partial charge on any atom is 0.343 e. The van der Waals surface area contributed by atoms with E-state index in [-0.39, 0.29) is 44.3 Å². The van der Waals surface area contributed by atoms with E-state index in [0.29, 0.717) is 21.2 Å². The topological polar surface area (TPSA) is 94.6 Å². The highest BCUT2D eigenvalue weighted by Gasteiger charge is 2.33. The molecular weight excluding hydrogens is 522 g/mol. The lowest BCUT2D eigenvalue weighted by molar-refractivity contribution is 0.0734. The van der Waals surface area contributed by atoms with E-state index < -0.39 is 11.9 Å². The van der Waals surface area contributed by atoms with Gasteiger partial charge in [0.05, 0.1) is 28.6 Å². The van der Waals surface area contributed by atoms with Crippen LogP contribution < -0.4 is 19.9 Å². The summed E-state index contributed by atoms with van der Waals surface area (Å²) >= 11 is 25.1. The lowest BCUT2D eigenvalue weighted by Crippen LogP contribution is -2.21. The van der Waals surface area contributed by atoms with Crippen LogP contribution in [0.15, 0.2) is 60.0 Å². The van der Waals surface area contributed by atoms with E-state index in [4.69, 9.17) is 66.3 Å². The van der Waals surface area contributed by atoms with Gasteiger partial charge in [-0.2, -0.15) is 5.26 Å². The summed E-state index contributed by atoms with van der Waals surface area (Å²) < 4.78 is 16.2. The fraction of sp³-hybridized carbons (Fsp3) is 0.0833. The van der Waals surface area contributed by atoms with E-state index in [1.165, 1.54) is 25.3 Å². The van der Waals surface area contributed by atoms with Crippen molar-refractivity contribution in [2.24, 2.45) is 5.73 Å². The molecular formula is C24H14Cl4N2O4. The van der Waals surface area contributed by atoms with E-state index in [2.05, 4.69) is 6.07 Å². The smallest absolute Gasteiger partial charge is 0.343 e. The van der Waals surface area contributed by atoms with Gasteiger partial charge in [-0.3, -0.25) is 0 Å². The summed E-state index contributed by atoms with van der Waals surface area (Å²) in [5, 5.41) is 10.8. The third-order valence-corrected chi connectivity index (χ3v) is 6.35. The molecule has 0 amide bonds. The minimum Gasteiger partial charge on any atom is -0.494 e. The average molecular weight is 536 g/mol. The van der Waals surface area contributed by atoms with Crippen LogP contribution >= 0.6 is 46.4 Å². The average Bonchev–Trinajstić information content (AvgIpc) is 2.78. The van der Waals surface area contributed by atoms with Crippen LogP contribution in [0.25, 0.3) is 0 Å². The molecule has 1 aliphatic heterocycles. The zero-order valence-corrected chi connectivity index (χ0v) is 20.4. The number of hydrogen-bond donors (Lipinski definition) is 1. The molecule has 0 aromatic heterocycles. The Labute approximate surface area is 214 Å². The first-order chi connectivity index (χ1) is 16.2. The fourth-order valence-corrected chi connectivity index (χ4v) is 4.88. The molecule has 172 valence electrons. The molecule has 0 saturated heterocycles. The fourth-order valence-electron chi connectivity index (χ4n) is 3.62.